The van der Waals surface area contributed by atoms with Crippen molar-refractivity contribution in [3.8, 4) is 0 Å². The molecule has 0 spiro atoms. The lowest BCUT2D eigenvalue weighted by Gasteiger charge is -2.20. The molecular weight excluding hydrogens is 218 g/mol. The zero-order valence-electron chi connectivity index (χ0n) is 10.6. The molecule has 1 N–H and O–H groups in total. The number of hydrogen-bond donors (Lipinski definition) is 1. The Labute approximate surface area is 101 Å². The molecule has 1 heterocycles. The van der Waals surface area contributed by atoms with E-state index in [0.717, 1.165) is 24.6 Å². The first kappa shape index (κ1) is 12.1. The number of aromatic nitrogens is 3. The molecule has 1 aliphatic rings. The zero-order chi connectivity index (χ0) is 12.6. The summed E-state index contributed by atoms with van der Waals surface area (Å²) in [6.07, 6.45) is 3.67. The summed E-state index contributed by atoms with van der Waals surface area (Å²) in [6, 6.07) is 0. The fourth-order valence-electron chi connectivity index (χ4n) is 2.07. The maximum absolute atomic E-state index is 11.1. The van der Waals surface area contributed by atoms with Crippen molar-refractivity contribution in [1.82, 2.24) is 15.0 Å². The second-order valence-electron chi connectivity index (χ2n) is 5.80. The van der Waals surface area contributed by atoms with Gasteiger partial charge in [-0.2, -0.15) is 0 Å². The van der Waals surface area contributed by atoms with Crippen molar-refractivity contribution in [2.75, 3.05) is 0 Å². The average molecular weight is 237 g/mol. The smallest absolute Gasteiger partial charge is 0.358 e. The minimum atomic E-state index is -0.993. The van der Waals surface area contributed by atoms with Gasteiger partial charge in [-0.1, -0.05) is 38.8 Å². The van der Waals surface area contributed by atoms with Gasteiger partial charge in [0, 0.05) is 12.0 Å². The average Bonchev–Trinajstić information content (AvgIpc) is 2.91. The van der Waals surface area contributed by atoms with Crippen LogP contribution in [0.15, 0.2) is 0 Å². The van der Waals surface area contributed by atoms with Gasteiger partial charge in [0.2, 0.25) is 0 Å². The number of aromatic carboxylic acids is 1. The number of nitrogens with zero attached hydrogens (tertiary/aromatic N) is 3. The standard InChI is InChI=1S/C12H19N3O2/c1-12(2,3)10-9(11(16)17)13-14-15(10)7-6-8-4-5-8/h8H,4-7H2,1-3H3,(H,16,17). The lowest BCUT2D eigenvalue weighted by atomic mass is 9.90. The first-order valence-corrected chi connectivity index (χ1v) is 6.07. The van der Waals surface area contributed by atoms with Gasteiger partial charge in [-0.25, -0.2) is 9.48 Å². The highest BCUT2D eigenvalue weighted by Gasteiger charge is 2.29. The van der Waals surface area contributed by atoms with Gasteiger partial charge < -0.3 is 5.11 Å². The van der Waals surface area contributed by atoms with Crippen molar-refractivity contribution in [3.05, 3.63) is 11.4 Å². The fraction of sp³-hybridized carbons (Fsp3) is 0.750. The Kier molecular flexibility index (Phi) is 2.93. The van der Waals surface area contributed by atoms with Gasteiger partial charge in [0.05, 0.1) is 5.69 Å². The van der Waals surface area contributed by atoms with E-state index in [0.29, 0.717) is 0 Å². The number of carboxylic acid groups (broad SMARTS) is 1. The van der Waals surface area contributed by atoms with Gasteiger partial charge in [-0.15, -0.1) is 5.10 Å². The van der Waals surface area contributed by atoms with E-state index in [-0.39, 0.29) is 11.1 Å². The first-order chi connectivity index (χ1) is 7.89. The van der Waals surface area contributed by atoms with E-state index in [9.17, 15) is 4.79 Å². The molecule has 2 rings (SSSR count). The Morgan fingerprint density at radius 3 is 2.59 bits per heavy atom. The van der Waals surface area contributed by atoms with Crippen LogP contribution in [-0.4, -0.2) is 26.1 Å². The van der Waals surface area contributed by atoms with Crippen LogP contribution >= 0.6 is 0 Å². The van der Waals surface area contributed by atoms with Crippen LogP contribution in [0.25, 0.3) is 0 Å². The fourth-order valence-corrected chi connectivity index (χ4v) is 2.07. The molecule has 1 saturated carbocycles. The molecular formula is C12H19N3O2. The molecule has 1 aromatic heterocycles. The molecule has 0 unspecified atom stereocenters. The second kappa shape index (κ2) is 4.13. The summed E-state index contributed by atoms with van der Waals surface area (Å²) in [5.41, 5.74) is 0.569. The van der Waals surface area contributed by atoms with Crippen LogP contribution < -0.4 is 0 Å². The van der Waals surface area contributed by atoms with Crippen molar-refractivity contribution >= 4 is 5.97 Å². The van der Waals surface area contributed by atoms with Crippen LogP contribution in [0.4, 0.5) is 0 Å². The van der Waals surface area contributed by atoms with Gasteiger partial charge >= 0.3 is 5.97 Å². The molecule has 1 aliphatic carbocycles. The number of rotatable bonds is 4. The van der Waals surface area contributed by atoms with Crippen molar-refractivity contribution in [3.63, 3.8) is 0 Å². The highest BCUT2D eigenvalue weighted by molar-refractivity contribution is 5.86. The van der Waals surface area contributed by atoms with E-state index in [1.807, 2.05) is 20.8 Å². The molecule has 5 heteroatoms. The number of carbonyl (C=O) groups is 1. The molecule has 0 atom stereocenters. The van der Waals surface area contributed by atoms with Gasteiger partial charge in [-0.05, 0) is 12.3 Å². The van der Waals surface area contributed by atoms with Crippen LogP contribution in [0.5, 0.6) is 0 Å². The quantitative estimate of drug-likeness (QED) is 0.870. The predicted octanol–water partition coefficient (Wildman–Crippen LogP) is 2.07. The summed E-state index contributed by atoms with van der Waals surface area (Å²) in [5, 5.41) is 16.9. The summed E-state index contributed by atoms with van der Waals surface area (Å²) in [4.78, 5) is 11.1. The molecule has 17 heavy (non-hydrogen) atoms. The molecule has 94 valence electrons. The highest BCUT2D eigenvalue weighted by atomic mass is 16.4. The maximum Gasteiger partial charge on any atom is 0.358 e. The number of hydrogen-bond acceptors (Lipinski definition) is 3. The largest absolute Gasteiger partial charge is 0.476 e. The Hall–Kier alpha value is -1.39. The summed E-state index contributed by atoms with van der Waals surface area (Å²) in [5.74, 6) is -0.187. The normalized spacial score (nSPS) is 16.2. The van der Waals surface area contributed by atoms with Crippen molar-refractivity contribution in [2.45, 2.75) is 52.0 Å². The van der Waals surface area contributed by atoms with Crippen molar-refractivity contribution in [1.29, 1.82) is 0 Å². The van der Waals surface area contributed by atoms with Crippen LogP contribution in [0, 0.1) is 5.92 Å². The van der Waals surface area contributed by atoms with E-state index in [1.165, 1.54) is 12.8 Å². The molecule has 0 saturated heterocycles. The number of aryl methyl sites for hydroxylation is 1. The first-order valence-electron chi connectivity index (χ1n) is 6.07. The van der Waals surface area contributed by atoms with Gasteiger partial charge in [0.15, 0.2) is 5.69 Å². The Balaban J connectivity index is 2.27. The van der Waals surface area contributed by atoms with E-state index in [4.69, 9.17) is 5.11 Å². The number of carboxylic acids is 1. The predicted molar refractivity (Wildman–Crippen MR) is 63.0 cm³/mol. The minimum absolute atomic E-state index is 0.0910. The summed E-state index contributed by atoms with van der Waals surface area (Å²) in [7, 11) is 0. The third kappa shape index (κ3) is 2.65. The van der Waals surface area contributed by atoms with E-state index in [1.54, 1.807) is 4.68 Å². The topological polar surface area (TPSA) is 68.0 Å². The summed E-state index contributed by atoms with van der Waals surface area (Å²) >= 11 is 0. The van der Waals surface area contributed by atoms with Crippen LogP contribution in [0.1, 0.15) is 56.2 Å². The summed E-state index contributed by atoms with van der Waals surface area (Å²) < 4.78 is 1.77. The molecule has 5 nitrogen and oxygen atoms in total. The third-order valence-electron chi connectivity index (χ3n) is 3.09. The molecule has 0 radical (unpaired) electrons. The highest BCUT2D eigenvalue weighted by Crippen LogP contribution is 2.33. The second-order valence-corrected chi connectivity index (χ2v) is 5.80. The molecule has 0 amide bonds. The van der Waals surface area contributed by atoms with Crippen LogP contribution in [0.2, 0.25) is 0 Å². The van der Waals surface area contributed by atoms with E-state index < -0.39 is 5.97 Å². The lowest BCUT2D eigenvalue weighted by molar-refractivity contribution is 0.0687. The van der Waals surface area contributed by atoms with Gasteiger partial charge in [0.1, 0.15) is 0 Å². The molecule has 1 aromatic rings. The Morgan fingerprint density at radius 1 is 1.47 bits per heavy atom. The monoisotopic (exact) mass is 237 g/mol. The van der Waals surface area contributed by atoms with Gasteiger partial charge in [-0.3, -0.25) is 0 Å². The third-order valence-corrected chi connectivity index (χ3v) is 3.09. The Morgan fingerprint density at radius 2 is 2.12 bits per heavy atom. The zero-order valence-corrected chi connectivity index (χ0v) is 10.6. The molecule has 0 aliphatic heterocycles. The van der Waals surface area contributed by atoms with Crippen molar-refractivity contribution in [2.24, 2.45) is 5.92 Å². The lowest BCUT2D eigenvalue weighted by Crippen LogP contribution is -2.22. The van der Waals surface area contributed by atoms with Crippen molar-refractivity contribution < 1.29 is 9.90 Å². The SMILES string of the molecule is CC(C)(C)c1c(C(=O)O)nnn1CCC1CC1. The van der Waals surface area contributed by atoms with Gasteiger partial charge in [0.25, 0.3) is 0 Å². The van der Waals surface area contributed by atoms with E-state index in [2.05, 4.69) is 10.3 Å². The van der Waals surface area contributed by atoms with Crippen LogP contribution in [0.3, 0.4) is 0 Å². The summed E-state index contributed by atoms with van der Waals surface area (Å²) in [6.45, 7) is 6.75. The minimum Gasteiger partial charge on any atom is -0.476 e. The van der Waals surface area contributed by atoms with Crippen LogP contribution in [-0.2, 0) is 12.0 Å². The molecule has 0 aromatic carbocycles. The molecule has 0 bridgehead atoms. The Bertz CT molecular complexity index is 427. The molecule has 1 fully saturated rings. The van der Waals surface area contributed by atoms with E-state index >= 15 is 0 Å². The maximum atomic E-state index is 11.1.